The van der Waals surface area contributed by atoms with Crippen LogP contribution in [-0.4, -0.2) is 33.8 Å². The van der Waals surface area contributed by atoms with Crippen LogP contribution in [0.2, 0.25) is 0 Å². The Morgan fingerprint density at radius 2 is 2.39 bits per heavy atom. The van der Waals surface area contributed by atoms with Crippen molar-refractivity contribution in [1.82, 2.24) is 20.2 Å². The van der Waals surface area contributed by atoms with Crippen LogP contribution in [0.4, 0.5) is 11.8 Å². The highest BCUT2D eigenvalue weighted by Crippen LogP contribution is 2.23. The molecule has 0 fully saturated rings. The highest BCUT2D eigenvalue weighted by Gasteiger charge is 2.14. The largest absolute Gasteiger partial charge is 0.358 e. The molecule has 2 aromatic rings. The van der Waals surface area contributed by atoms with Crippen molar-refractivity contribution in [3.63, 3.8) is 0 Å². The molecule has 0 aromatic carbocycles. The molecule has 4 N–H and O–H groups in total. The molecule has 0 bridgehead atoms. The molecule has 8 nitrogen and oxygen atoms in total. The van der Waals surface area contributed by atoms with Gasteiger partial charge in [-0.25, -0.2) is 5.84 Å². The molecule has 1 unspecified atom stereocenters. The van der Waals surface area contributed by atoms with Crippen LogP contribution < -0.4 is 16.2 Å². The number of fused-ring (bicyclic) bond motifs is 1. The highest BCUT2D eigenvalue weighted by atomic mass is 15.3. The predicted octanol–water partition coefficient (Wildman–Crippen LogP) is 0.234. The van der Waals surface area contributed by atoms with E-state index in [0.717, 1.165) is 5.39 Å². The molecular weight excluding hydrogens is 232 g/mol. The van der Waals surface area contributed by atoms with Gasteiger partial charge in [-0.15, -0.1) is 0 Å². The second-order valence-electron chi connectivity index (χ2n) is 4.06. The molecule has 0 saturated carbocycles. The van der Waals surface area contributed by atoms with Crippen LogP contribution in [0.5, 0.6) is 0 Å². The Bertz CT molecular complexity index is 583. The molecule has 0 saturated heterocycles. The first-order valence-electron chi connectivity index (χ1n) is 5.44. The van der Waals surface area contributed by atoms with Crippen LogP contribution in [0.15, 0.2) is 6.20 Å². The first kappa shape index (κ1) is 12.1. The molecule has 1 atom stereocenters. The first-order valence-corrected chi connectivity index (χ1v) is 5.44. The summed E-state index contributed by atoms with van der Waals surface area (Å²) in [4.78, 5) is 10.3. The quantitative estimate of drug-likeness (QED) is 0.522. The van der Waals surface area contributed by atoms with Crippen LogP contribution in [-0.2, 0) is 0 Å². The van der Waals surface area contributed by atoms with Gasteiger partial charge in [-0.1, -0.05) is 0 Å². The van der Waals surface area contributed by atoms with Crippen molar-refractivity contribution in [2.24, 2.45) is 11.8 Å². The van der Waals surface area contributed by atoms with E-state index in [1.54, 1.807) is 6.20 Å². The van der Waals surface area contributed by atoms with E-state index >= 15 is 0 Å². The zero-order valence-corrected chi connectivity index (χ0v) is 10.2. The van der Waals surface area contributed by atoms with E-state index in [0.29, 0.717) is 24.0 Å². The normalized spacial score (nSPS) is 12.1. The maximum Gasteiger partial charge on any atom is 0.241 e. The van der Waals surface area contributed by atoms with Gasteiger partial charge >= 0.3 is 0 Å². The lowest BCUT2D eigenvalue weighted by atomic mass is 10.2. The van der Waals surface area contributed by atoms with E-state index in [-0.39, 0.29) is 5.92 Å². The molecule has 2 heterocycles. The van der Waals surface area contributed by atoms with Gasteiger partial charge in [0.25, 0.3) is 0 Å². The molecule has 94 valence electrons. The Morgan fingerprint density at radius 1 is 1.61 bits per heavy atom. The number of nitrogens with zero attached hydrogens (tertiary/aromatic N) is 5. The smallest absolute Gasteiger partial charge is 0.241 e. The minimum Gasteiger partial charge on any atom is -0.358 e. The van der Waals surface area contributed by atoms with Crippen LogP contribution in [0.1, 0.15) is 6.92 Å². The van der Waals surface area contributed by atoms with Crippen molar-refractivity contribution in [1.29, 1.82) is 5.26 Å². The zero-order valence-electron chi connectivity index (χ0n) is 10.2. The summed E-state index contributed by atoms with van der Waals surface area (Å²) in [5, 5.41) is 16.3. The number of nitrogen functional groups attached to an aromatic ring is 1. The number of anilines is 2. The van der Waals surface area contributed by atoms with Crippen molar-refractivity contribution >= 4 is 22.8 Å². The Morgan fingerprint density at radius 3 is 3.06 bits per heavy atom. The van der Waals surface area contributed by atoms with Crippen LogP contribution in [0.25, 0.3) is 11.0 Å². The highest BCUT2D eigenvalue weighted by molar-refractivity contribution is 5.87. The number of nitriles is 1. The van der Waals surface area contributed by atoms with Gasteiger partial charge in [-0.3, -0.25) is 10.5 Å². The summed E-state index contributed by atoms with van der Waals surface area (Å²) in [6, 6.07) is 2.19. The minimum atomic E-state index is -0.0961. The Labute approximate surface area is 104 Å². The molecule has 0 aliphatic rings. The molecule has 8 heteroatoms. The van der Waals surface area contributed by atoms with Gasteiger partial charge in [-0.05, 0) is 6.92 Å². The molecule has 0 spiro atoms. The first-order chi connectivity index (χ1) is 8.65. The fourth-order valence-corrected chi connectivity index (χ4v) is 1.71. The van der Waals surface area contributed by atoms with Crippen molar-refractivity contribution in [2.75, 3.05) is 23.9 Å². The summed E-state index contributed by atoms with van der Waals surface area (Å²) in [6.45, 7) is 2.42. The number of hydrogen-bond acceptors (Lipinski definition) is 7. The van der Waals surface area contributed by atoms with Crippen LogP contribution >= 0.6 is 0 Å². The molecule has 2 rings (SSSR count). The number of aromatic nitrogens is 4. The Kier molecular flexibility index (Phi) is 3.25. The fourth-order valence-electron chi connectivity index (χ4n) is 1.71. The predicted molar refractivity (Wildman–Crippen MR) is 67.5 cm³/mol. The molecular formula is C10H14N8. The van der Waals surface area contributed by atoms with Gasteiger partial charge in [0, 0.05) is 13.6 Å². The van der Waals surface area contributed by atoms with E-state index < -0.39 is 0 Å². The van der Waals surface area contributed by atoms with E-state index in [9.17, 15) is 0 Å². The van der Waals surface area contributed by atoms with Crippen LogP contribution in [0, 0.1) is 17.2 Å². The van der Waals surface area contributed by atoms with Crippen molar-refractivity contribution in [2.45, 2.75) is 6.92 Å². The second kappa shape index (κ2) is 4.85. The van der Waals surface area contributed by atoms with E-state index in [1.165, 1.54) is 0 Å². The fraction of sp³-hybridized carbons (Fsp3) is 0.400. The average Bonchev–Trinajstić information content (AvgIpc) is 2.85. The summed E-state index contributed by atoms with van der Waals surface area (Å²) >= 11 is 0. The molecule has 2 aromatic heterocycles. The third kappa shape index (κ3) is 2.16. The van der Waals surface area contributed by atoms with Crippen molar-refractivity contribution < 1.29 is 0 Å². The summed E-state index contributed by atoms with van der Waals surface area (Å²) in [5.41, 5.74) is 3.01. The number of rotatable bonds is 4. The van der Waals surface area contributed by atoms with E-state index in [4.69, 9.17) is 11.1 Å². The molecule has 0 aliphatic heterocycles. The zero-order chi connectivity index (χ0) is 13.1. The molecule has 0 radical (unpaired) electrons. The molecule has 18 heavy (non-hydrogen) atoms. The van der Waals surface area contributed by atoms with Gasteiger partial charge in [0.05, 0.1) is 23.6 Å². The Balaban J connectivity index is 2.42. The number of nitrogens with two attached hydrogens (primary N) is 1. The summed E-state index contributed by atoms with van der Waals surface area (Å²) in [5.74, 6) is 6.22. The monoisotopic (exact) mass is 246 g/mol. The van der Waals surface area contributed by atoms with Crippen LogP contribution in [0.3, 0.4) is 0 Å². The molecule has 0 aliphatic carbocycles. The van der Waals surface area contributed by atoms with Gasteiger partial charge in [0.15, 0.2) is 5.65 Å². The third-order valence-electron chi connectivity index (χ3n) is 2.55. The third-order valence-corrected chi connectivity index (χ3v) is 2.55. The lowest BCUT2D eigenvalue weighted by Gasteiger charge is -2.20. The lowest BCUT2D eigenvalue weighted by Crippen LogP contribution is -2.25. The van der Waals surface area contributed by atoms with Gasteiger partial charge < -0.3 is 4.90 Å². The van der Waals surface area contributed by atoms with Gasteiger partial charge in [-0.2, -0.15) is 20.3 Å². The van der Waals surface area contributed by atoms with Gasteiger partial charge in [0.2, 0.25) is 5.95 Å². The standard InChI is InChI=1S/C10H14N8/c1-6(3-11)5-18(2)9-7-4-13-17-8(7)14-10(15-9)16-12/h4,6H,5,12H2,1-2H3,(H2,13,14,15,16,17). The second-order valence-corrected chi connectivity index (χ2v) is 4.06. The minimum absolute atomic E-state index is 0.0961. The summed E-state index contributed by atoms with van der Waals surface area (Å²) < 4.78 is 0. The topological polar surface area (TPSA) is 120 Å². The Hall–Kier alpha value is -2.40. The van der Waals surface area contributed by atoms with Crippen molar-refractivity contribution in [3.05, 3.63) is 6.20 Å². The van der Waals surface area contributed by atoms with Gasteiger partial charge in [0.1, 0.15) is 5.82 Å². The van der Waals surface area contributed by atoms with E-state index in [1.807, 2.05) is 18.9 Å². The lowest BCUT2D eigenvalue weighted by molar-refractivity contribution is 0.712. The average molecular weight is 246 g/mol. The number of hydrazine groups is 1. The number of nitrogens with one attached hydrogen (secondary N) is 2. The number of hydrogen-bond donors (Lipinski definition) is 3. The summed E-state index contributed by atoms with van der Waals surface area (Å²) in [6.07, 6.45) is 1.65. The maximum atomic E-state index is 8.84. The van der Waals surface area contributed by atoms with E-state index in [2.05, 4.69) is 31.7 Å². The maximum absolute atomic E-state index is 8.84. The SMILES string of the molecule is CC(C#N)CN(C)c1nc(NN)nc2[nH]ncc12. The van der Waals surface area contributed by atoms with Crippen molar-refractivity contribution in [3.8, 4) is 6.07 Å². The number of H-pyrrole nitrogens is 1. The summed E-state index contributed by atoms with van der Waals surface area (Å²) in [7, 11) is 1.86. The molecule has 0 amide bonds. The number of aromatic amines is 1.